The first kappa shape index (κ1) is 17.5. The van der Waals surface area contributed by atoms with E-state index >= 15 is 0 Å². The van der Waals surface area contributed by atoms with Crippen molar-refractivity contribution in [3.63, 3.8) is 0 Å². The molecule has 4 heteroatoms. The number of methoxy groups -OCH3 is 1. The molecule has 0 amide bonds. The fourth-order valence-corrected chi connectivity index (χ4v) is 3.47. The number of esters is 1. The third kappa shape index (κ3) is 3.54. The highest BCUT2D eigenvalue weighted by Gasteiger charge is 2.25. The first-order valence-electron chi connectivity index (χ1n) is 7.96. The highest BCUT2D eigenvalue weighted by Crippen LogP contribution is 2.43. The molecule has 0 N–H and O–H groups in total. The molecule has 0 saturated carbocycles. The summed E-state index contributed by atoms with van der Waals surface area (Å²) in [5.41, 5.74) is 5.60. The number of carbonyl (C=O) groups excluding carboxylic acids is 1. The van der Waals surface area contributed by atoms with Crippen LogP contribution in [0.25, 0.3) is 17.2 Å². The zero-order chi connectivity index (χ0) is 18.0. The number of thioether (sulfide) groups is 1. The van der Waals surface area contributed by atoms with E-state index in [4.69, 9.17) is 4.74 Å². The lowest BCUT2D eigenvalue weighted by Gasteiger charge is -2.05. The Morgan fingerprint density at radius 3 is 2.52 bits per heavy atom. The van der Waals surface area contributed by atoms with E-state index in [0.29, 0.717) is 0 Å². The van der Waals surface area contributed by atoms with Crippen LogP contribution >= 0.6 is 11.8 Å². The predicted molar refractivity (Wildman–Crippen MR) is 102 cm³/mol. The lowest BCUT2D eigenvalue weighted by Crippen LogP contribution is -2.01. The average Bonchev–Trinajstić information content (AvgIpc) is 2.87. The number of halogens is 1. The Bertz CT molecular complexity index is 879. The van der Waals surface area contributed by atoms with Crippen LogP contribution < -0.4 is 0 Å². The van der Waals surface area contributed by atoms with Gasteiger partial charge in [0.1, 0.15) is 5.82 Å². The first-order valence-corrected chi connectivity index (χ1v) is 9.19. The molecule has 2 nitrogen and oxygen atoms in total. The van der Waals surface area contributed by atoms with Crippen LogP contribution in [0.4, 0.5) is 4.39 Å². The summed E-state index contributed by atoms with van der Waals surface area (Å²) in [6.45, 7) is 1.97. The second-order valence-electron chi connectivity index (χ2n) is 5.88. The molecule has 0 bridgehead atoms. The van der Waals surface area contributed by atoms with Crippen molar-refractivity contribution >= 4 is 35.0 Å². The van der Waals surface area contributed by atoms with Crippen molar-refractivity contribution in [3.8, 4) is 0 Å². The third-order valence-corrected chi connectivity index (χ3v) is 5.17. The predicted octanol–water partition coefficient (Wildman–Crippen LogP) is 5.44. The van der Waals surface area contributed by atoms with E-state index in [1.54, 1.807) is 17.8 Å². The number of benzene rings is 2. The van der Waals surface area contributed by atoms with Crippen molar-refractivity contribution in [1.82, 2.24) is 0 Å². The quantitative estimate of drug-likeness (QED) is 0.540. The van der Waals surface area contributed by atoms with Crippen LogP contribution in [0.2, 0.25) is 0 Å². The van der Waals surface area contributed by atoms with E-state index in [1.165, 1.54) is 24.1 Å². The molecule has 2 aromatic carbocycles. The second kappa shape index (κ2) is 7.28. The minimum atomic E-state index is -0.296. The minimum Gasteiger partial charge on any atom is -0.469 e. The Morgan fingerprint density at radius 1 is 1.16 bits per heavy atom. The van der Waals surface area contributed by atoms with Gasteiger partial charge in [0.2, 0.25) is 0 Å². The van der Waals surface area contributed by atoms with Gasteiger partial charge in [-0.2, -0.15) is 0 Å². The van der Waals surface area contributed by atoms with Crippen molar-refractivity contribution in [3.05, 3.63) is 70.5 Å². The van der Waals surface area contributed by atoms with Crippen LogP contribution in [0.15, 0.2) is 52.9 Å². The summed E-state index contributed by atoms with van der Waals surface area (Å²) < 4.78 is 18.6. The Labute approximate surface area is 151 Å². The van der Waals surface area contributed by atoms with Gasteiger partial charge in [-0.05, 0) is 76.9 Å². The molecule has 0 saturated heterocycles. The number of hydrogen-bond acceptors (Lipinski definition) is 3. The van der Waals surface area contributed by atoms with Gasteiger partial charge >= 0.3 is 5.97 Å². The van der Waals surface area contributed by atoms with Gasteiger partial charge < -0.3 is 4.74 Å². The van der Waals surface area contributed by atoms with Crippen LogP contribution in [0, 0.1) is 5.82 Å². The summed E-state index contributed by atoms with van der Waals surface area (Å²) in [6.07, 6.45) is 4.27. The van der Waals surface area contributed by atoms with E-state index in [9.17, 15) is 9.18 Å². The van der Waals surface area contributed by atoms with Gasteiger partial charge in [0.15, 0.2) is 0 Å². The Balaban J connectivity index is 2.09. The van der Waals surface area contributed by atoms with Gasteiger partial charge in [0, 0.05) is 4.90 Å². The fraction of sp³-hybridized carbons (Fsp3) is 0.190. The van der Waals surface area contributed by atoms with Crippen molar-refractivity contribution in [2.45, 2.75) is 18.2 Å². The molecular formula is C21H19FO2S. The molecule has 1 aliphatic carbocycles. The summed E-state index contributed by atoms with van der Waals surface area (Å²) >= 11 is 1.69. The largest absolute Gasteiger partial charge is 0.469 e. The SMILES string of the molecule is COC(=O)CC1=C(C)/C(=C/c2ccc(SC)cc2)c2cc(F)ccc21. The van der Waals surface area contributed by atoms with Gasteiger partial charge in [0.25, 0.3) is 0 Å². The topological polar surface area (TPSA) is 26.3 Å². The van der Waals surface area contributed by atoms with Gasteiger partial charge in [-0.1, -0.05) is 18.2 Å². The van der Waals surface area contributed by atoms with Gasteiger partial charge in [-0.15, -0.1) is 11.8 Å². The maximum absolute atomic E-state index is 13.8. The lowest BCUT2D eigenvalue weighted by molar-refractivity contribution is -0.139. The standard InChI is InChI=1S/C21H19FO2S/c1-13-18(10-14-4-7-16(25-3)8-5-14)20-11-15(22)6-9-17(20)19(13)12-21(23)24-2/h4-11H,12H2,1-3H3/b18-10-. The van der Waals surface area contributed by atoms with Gasteiger partial charge in [0.05, 0.1) is 13.5 Å². The molecule has 128 valence electrons. The van der Waals surface area contributed by atoms with E-state index in [0.717, 1.165) is 33.4 Å². The Hall–Kier alpha value is -2.33. The maximum atomic E-state index is 13.8. The molecule has 0 unspecified atom stereocenters. The van der Waals surface area contributed by atoms with Crippen LogP contribution in [0.1, 0.15) is 30.0 Å². The van der Waals surface area contributed by atoms with E-state index in [2.05, 4.69) is 12.1 Å². The second-order valence-corrected chi connectivity index (χ2v) is 6.76. The van der Waals surface area contributed by atoms with E-state index in [-0.39, 0.29) is 18.2 Å². The van der Waals surface area contributed by atoms with Crippen LogP contribution in [-0.4, -0.2) is 19.3 Å². The number of ether oxygens (including phenoxy) is 1. The van der Waals surface area contributed by atoms with Crippen molar-refractivity contribution < 1.29 is 13.9 Å². The molecular weight excluding hydrogens is 335 g/mol. The molecule has 0 heterocycles. The number of allylic oxidation sites excluding steroid dienone is 2. The first-order chi connectivity index (χ1) is 12.0. The average molecular weight is 354 g/mol. The summed E-state index contributed by atoms with van der Waals surface area (Å²) in [7, 11) is 1.38. The number of rotatable bonds is 4. The molecule has 0 aliphatic heterocycles. The molecule has 0 atom stereocenters. The van der Waals surface area contributed by atoms with Crippen molar-refractivity contribution in [2.75, 3.05) is 13.4 Å². The summed E-state index contributed by atoms with van der Waals surface area (Å²) in [5.74, 6) is -0.579. The van der Waals surface area contributed by atoms with Crippen LogP contribution in [-0.2, 0) is 9.53 Å². The van der Waals surface area contributed by atoms with E-state index < -0.39 is 0 Å². The Morgan fingerprint density at radius 2 is 1.88 bits per heavy atom. The van der Waals surface area contributed by atoms with Crippen molar-refractivity contribution in [1.29, 1.82) is 0 Å². The van der Waals surface area contributed by atoms with Gasteiger partial charge in [-0.25, -0.2) is 4.39 Å². The van der Waals surface area contributed by atoms with E-state index in [1.807, 2.05) is 31.4 Å². The van der Waals surface area contributed by atoms with Crippen LogP contribution in [0.5, 0.6) is 0 Å². The monoisotopic (exact) mass is 354 g/mol. The summed E-state index contributed by atoms with van der Waals surface area (Å²) in [5, 5.41) is 0. The summed E-state index contributed by atoms with van der Waals surface area (Å²) in [6, 6.07) is 12.9. The molecule has 0 radical (unpaired) electrons. The third-order valence-electron chi connectivity index (χ3n) is 4.43. The zero-order valence-corrected chi connectivity index (χ0v) is 15.2. The molecule has 0 aromatic heterocycles. The molecule has 1 aliphatic rings. The molecule has 25 heavy (non-hydrogen) atoms. The number of fused-ring (bicyclic) bond motifs is 1. The molecule has 2 aromatic rings. The van der Waals surface area contributed by atoms with Crippen molar-refractivity contribution in [2.24, 2.45) is 0 Å². The lowest BCUT2D eigenvalue weighted by atomic mass is 10.0. The van der Waals surface area contributed by atoms with Crippen LogP contribution in [0.3, 0.4) is 0 Å². The molecule has 0 fully saturated rings. The van der Waals surface area contributed by atoms with Gasteiger partial charge in [-0.3, -0.25) is 4.79 Å². The highest BCUT2D eigenvalue weighted by molar-refractivity contribution is 7.98. The molecule has 3 rings (SSSR count). The molecule has 0 spiro atoms. The smallest absolute Gasteiger partial charge is 0.310 e. The highest BCUT2D eigenvalue weighted by atomic mass is 32.2. The number of carbonyl (C=O) groups is 1. The fourth-order valence-electron chi connectivity index (χ4n) is 3.07. The zero-order valence-electron chi connectivity index (χ0n) is 14.4. The normalized spacial score (nSPS) is 14.8. The Kier molecular flexibility index (Phi) is 5.09. The number of hydrogen-bond donors (Lipinski definition) is 0. The summed E-state index contributed by atoms with van der Waals surface area (Å²) in [4.78, 5) is 13.0. The maximum Gasteiger partial charge on any atom is 0.310 e. The minimum absolute atomic E-state index is 0.184.